The minimum atomic E-state index is -0.490. The highest BCUT2D eigenvalue weighted by Gasteiger charge is 2.46. The summed E-state index contributed by atoms with van der Waals surface area (Å²) in [6.45, 7) is 0. The van der Waals surface area contributed by atoms with Crippen LogP contribution in [0.3, 0.4) is 0 Å². The highest BCUT2D eigenvalue weighted by Crippen LogP contribution is 2.56. The maximum Gasteiger partial charge on any atom is 0.0713 e. The molecule has 0 radical (unpaired) electrons. The molecule has 212 valence electrons. The summed E-state index contributed by atoms with van der Waals surface area (Å²) in [6.07, 6.45) is 0. The van der Waals surface area contributed by atoms with Crippen molar-refractivity contribution < 1.29 is 0 Å². The SMILES string of the molecule is Clc1ccccc1-c1ccc(C2(c3ccc4c(c3)c3ccccc3n4-c3ccccc3)c3ccccc3-c3ccccc32)cc1. The number of hydrogen-bond acceptors (Lipinski definition) is 0. The molecular weight excluding hydrogens is 566 g/mol. The largest absolute Gasteiger partial charge is 0.309 e. The van der Waals surface area contributed by atoms with E-state index < -0.39 is 5.41 Å². The molecule has 1 aliphatic carbocycles. The average molecular weight is 594 g/mol. The van der Waals surface area contributed by atoms with Gasteiger partial charge in [0.25, 0.3) is 0 Å². The maximum absolute atomic E-state index is 6.63. The molecule has 0 saturated carbocycles. The summed E-state index contributed by atoms with van der Waals surface area (Å²) < 4.78 is 2.38. The third-order valence-corrected chi connectivity index (χ3v) is 9.90. The van der Waals surface area contributed by atoms with Gasteiger partial charge in [-0.05, 0) is 75.3 Å². The molecule has 0 saturated heterocycles. The van der Waals surface area contributed by atoms with Crippen LogP contribution in [0.5, 0.6) is 0 Å². The van der Waals surface area contributed by atoms with Crippen LogP contribution in [-0.4, -0.2) is 4.57 Å². The van der Waals surface area contributed by atoms with E-state index in [4.69, 9.17) is 11.6 Å². The number of nitrogens with zero attached hydrogens (tertiary/aromatic N) is 1. The molecule has 9 rings (SSSR count). The summed E-state index contributed by atoms with van der Waals surface area (Å²) in [7, 11) is 0. The van der Waals surface area contributed by atoms with Crippen molar-refractivity contribution in [3.8, 4) is 27.9 Å². The lowest BCUT2D eigenvalue weighted by Gasteiger charge is -2.34. The lowest BCUT2D eigenvalue weighted by Crippen LogP contribution is -2.28. The van der Waals surface area contributed by atoms with Crippen molar-refractivity contribution in [1.82, 2.24) is 4.57 Å². The molecule has 1 heterocycles. The van der Waals surface area contributed by atoms with E-state index in [2.05, 4.69) is 156 Å². The van der Waals surface area contributed by atoms with Crippen LogP contribution in [0.15, 0.2) is 170 Å². The van der Waals surface area contributed by atoms with E-state index in [-0.39, 0.29) is 0 Å². The zero-order valence-corrected chi connectivity index (χ0v) is 25.2. The Kier molecular flexibility index (Phi) is 5.84. The van der Waals surface area contributed by atoms with Crippen LogP contribution >= 0.6 is 11.6 Å². The van der Waals surface area contributed by atoms with Gasteiger partial charge in [0.15, 0.2) is 0 Å². The van der Waals surface area contributed by atoms with E-state index in [9.17, 15) is 0 Å². The van der Waals surface area contributed by atoms with Gasteiger partial charge < -0.3 is 4.57 Å². The van der Waals surface area contributed by atoms with Gasteiger partial charge in [-0.2, -0.15) is 0 Å². The number of halogens is 1. The molecule has 1 aliphatic rings. The maximum atomic E-state index is 6.63. The topological polar surface area (TPSA) is 4.93 Å². The molecule has 0 N–H and O–H groups in total. The van der Waals surface area contributed by atoms with Crippen molar-refractivity contribution in [3.05, 3.63) is 197 Å². The zero-order chi connectivity index (χ0) is 30.0. The minimum Gasteiger partial charge on any atom is -0.309 e. The summed E-state index contributed by atoms with van der Waals surface area (Å²) in [6, 6.07) is 61.5. The van der Waals surface area contributed by atoms with Crippen molar-refractivity contribution in [2.75, 3.05) is 0 Å². The predicted octanol–water partition coefficient (Wildman–Crippen LogP) is 11.5. The van der Waals surface area contributed by atoms with Crippen LogP contribution < -0.4 is 0 Å². The van der Waals surface area contributed by atoms with Crippen molar-refractivity contribution >= 4 is 33.4 Å². The van der Waals surface area contributed by atoms with Crippen LogP contribution in [0, 0.1) is 0 Å². The first kappa shape index (κ1) is 26.1. The lowest BCUT2D eigenvalue weighted by molar-refractivity contribution is 0.770. The molecule has 0 fully saturated rings. The third-order valence-electron chi connectivity index (χ3n) is 9.58. The number of benzene rings is 7. The van der Waals surface area contributed by atoms with E-state index in [0.717, 1.165) is 21.8 Å². The van der Waals surface area contributed by atoms with E-state index in [0.29, 0.717) is 0 Å². The molecule has 0 bridgehead atoms. The normalized spacial score (nSPS) is 13.2. The Hall–Kier alpha value is -5.37. The van der Waals surface area contributed by atoms with Gasteiger partial charge in [0.1, 0.15) is 0 Å². The molecule has 0 aliphatic heterocycles. The van der Waals surface area contributed by atoms with Gasteiger partial charge in [0, 0.05) is 27.0 Å². The summed E-state index contributed by atoms with van der Waals surface area (Å²) in [5, 5.41) is 3.26. The monoisotopic (exact) mass is 593 g/mol. The summed E-state index contributed by atoms with van der Waals surface area (Å²) >= 11 is 6.63. The van der Waals surface area contributed by atoms with Crippen molar-refractivity contribution in [2.24, 2.45) is 0 Å². The Balaban J connectivity index is 1.35. The Bertz CT molecular complexity index is 2340. The van der Waals surface area contributed by atoms with Gasteiger partial charge in [-0.25, -0.2) is 0 Å². The molecule has 1 nitrogen and oxygen atoms in total. The Morgan fingerprint density at radius 3 is 1.69 bits per heavy atom. The van der Waals surface area contributed by atoms with Crippen LogP contribution in [0.2, 0.25) is 5.02 Å². The fourth-order valence-electron chi connectivity index (χ4n) is 7.68. The molecule has 7 aromatic carbocycles. The third kappa shape index (κ3) is 3.75. The Morgan fingerprint density at radius 2 is 0.978 bits per heavy atom. The lowest BCUT2D eigenvalue weighted by atomic mass is 9.67. The molecular formula is C43H28ClN. The first-order valence-corrected chi connectivity index (χ1v) is 15.8. The van der Waals surface area contributed by atoms with Crippen LogP contribution in [0.25, 0.3) is 49.7 Å². The van der Waals surface area contributed by atoms with E-state index in [1.165, 1.54) is 55.2 Å². The highest BCUT2D eigenvalue weighted by atomic mass is 35.5. The van der Waals surface area contributed by atoms with Gasteiger partial charge in [0.2, 0.25) is 0 Å². The molecule has 0 amide bonds. The molecule has 0 spiro atoms. The molecule has 0 unspecified atom stereocenters. The number of hydrogen-bond donors (Lipinski definition) is 0. The van der Waals surface area contributed by atoms with Crippen molar-refractivity contribution in [1.29, 1.82) is 0 Å². The number of para-hydroxylation sites is 2. The standard InChI is InChI=1S/C43H28ClN/c44-40-20-10-6-14-33(40)29-22-24-30(25-23-29)43(38-18-8-4-15-34(38)35-16-5-9-19-39(35)43)31-26-27-42-37(28-31)36-17-7-11-21-41(36)45(42)32-12-2-1-3-13-32/h1-28H. The van der Waals surface area contributed by atoms with E-state index >= 15 is 0 Å². The van der Waals surface area contributed by atoms with E-state index in [1.54, 1.807) is 0 Å². The summed E-state index contributed by atoms with van der Waals surface area (Å²) in [5.41, 5.74) is 12.9. The zero-order valence-electron chi connectivity index (χ0n) is 24.5. The second-order valence-electron chi connectivity index (χ2n) is 11.8. The minimum absolute atomic E-state index is 0.490. The van der Waals surface area contributed by atoms with Crippen LogP contribution in [0.1, 0.15) is 22.3 Å². The molecule has 45 heavy (non-hydrogen) atoms. The molecule has 0 atom stereocenters. The second-order valence-corrected chi connectivity index (χ2v) is 12.2. The molecule has 1 aromatic heterocycles. The highest BCUT2D eigenvalue weighted by molar-refractivity contribution is 6.33. The van der Waals surface area contributed by atoms with Gasteiger partial charge in [-0.1, -0.05) is 145 Å². The first-order valence-electron chi connectivity index (χ1n) is 15.4. The Labute approximate surface area is 267 Å². The fraction of sp³-hybridized carbons (Fsp3) is 0.0233. The van der Waals surface area contributed by atoms with Gasteiger partial charge in [-0.15, -0.1) is 0 Å². The van der Waals surface area contributed by atoms with Gasteiger partial charge >= 0.3 is 0 Å². The quantitative estimate of drug-likeness (QED) is 0.191. The second kappa shape index (κ2) is 10.1. The predicted molar refractivity (Wildman–Crippen MR) is 189 cm³/mol. The molecule has 8 aromatic rings. The van der Waals surface area contributed by atoms with Crippen LogP contribution in [-0.2, 0) is 5.41 Å². The Morgan fingerprint density at radius 1 is 0.422 bits per heavy atom. The van der Waals surface area contributed by atoms with E-state index in [1.807, 2.05) is 18.2 Å². The van der Waals surface area contributed by atoms with Gasteiger partial charge in [0.05, 0.1) is 16.4 Å². The van der Waals surface area contributed by atoms with Crippen molar-refractivity contribution in [2.45, 2.75) is 5.41 Å². The number of aromatic nitrogens is 1. The molecule has 2 heteroatoms. The average Bonchev–Trinajstić information content (AvgIpc) is 3.60. The first-order chi connectivity index (χ1) is 22.2. The number of fused-ring (bicyclic) bond motifs is 6. The van der Waals surface area contributed by atoms with Gasteiger partial charge in [-0.3, -0.25) is 0 Å². The number of rotatable bonds is 4. The smallest absolute Gasteiger partial charge is 0.0713 e. The van der Waals surface area contributed by atoms with Crippen molar-refractivity contribution in [3.63, 3.8) is 0 Å². The van der Waals surface area contributed by atoms with Crippen LogP contribution in [0.4, 0.5) is 0 Å². The fourth-order valence-corrected chi connectivity index (χ4v) is 7.93. The summed E-state index contributed by atoms with van der Waals surface area (Å²) in [5.74, 6) is 0. The summed E-state index contributed by atoms with van der Waals surface area (Å²) in [4.78, 5) is 0.